The van der Waals surface area contributed by atoms with E-state index in [1.165, 1.54) is 6.07 Å². The summed E-state index contributed by atoms with van der Waals surface area (Å²) in [7, 11) is 0. The molecule has 0 radical (unpaired) electrons. The average molecular weight is 361 g/mol. The lowest BCUT2D eigenvalue weighted by atomic mass is 9.96. The summed E-state index contributed by atoms with van der Waals surface area (Å²) in [4.78, 5) is 25.8. The Kier molecular flexibility index (Phi) is 3.87. The smallest absolute Gasteiger partial charge is 0.341 e. The monoisotopic (exact) mass is 361 g/mol. The Hall–Kier alpha value is -2.61. The number of nitrogens with two attached hydrogens (primary N) is 1. The Bertz CT molecular complexity index is 971. The van der Waals surface area contributed by atoms with Crippen molar-refractivity contribution in [2.24, 2.45) is 11.7 Å². The minimum atomic E-state index is -1.32. The number of pyridine rings is 2. The van der Waals surface area contributed by atoms with Crippen molar-refractivity contribution in [1.29, 1.82) is 0 Å². The summed E-state index contributed by atoms with van der Waals surface area (Å²) in [6.45, 7) is 4.00. The lowest BCUT2D eigenvalue weighted by Crippen LogP contribution is -2.30. The molecule has 2 aromatic rings. The number of hydrogen-bond acceptors (Lipinski definition) is 5. The molecule has 26 heavy (non-hydrogen) atoms. The van der Waals surface area contributed by atoms with Gasteiger partial charge in [0.25, 0.3) is 5.56 Å². The molecule has 8 heteroatoms. The summed E-state index contributed by atoms with van der Waals surface area (Å²) in [6, 6.07) is 1.39. The molecule has 2 aliphatic heterocycles. The van der Waals surface area contributed by atoms with E-state index < -0.39 is 17.3 Å². The van der Waals surface area contributed by atoms with Gasteiger partial charge in [0.1, 0.15) is 11.3 Å². The first-order chi connectivity index (χ1) is 12.4. The van der Waals surface area contributed by atoms with Crippen LogP contribution in [0, 0.1) is 11.7 Å². The fraction of sp³-hybridized carbons (Fsp3) is 0.444. The van der Waals surface area contributed by atoms with Crippen LogP contribution < -0.4 is 20.9 Å². The van der Waals surface area contributed by atoms with E-state index in [0.717, 1.165) is 17.0 Å². The van der Waals surface area contributed by atoms with Crippen molar-refractivity contribution in [3.63, 3.8) is 0 Å². The van der Waals surface area contributed by atoms with E-state index in [1.807, 2.05) is 11.8 Å². The van der Waals surface area contributed by atoms with Gasteiger partial charge in [-0.3, -0.25) is 9.20 Å². The second kappa shape index (κ2) is 5.98. The third-order valence-corrected chi connectivity index (χ3v) is 5.34. The number of carbonyl (C=O) groups is 1. The first-order valence-electron chi connectivity index (χ1n) is 8.65. The average Bonchev–Trinajstić information content (AvgIpc) is 3.07. The molecule has 0 amide bonds. The van der Waals surface area contributed by atoms with Crippen LogP contribution in [0.25, 0.3) is 5.52 Å². The topological polar surface area (TPSA) is 97.3 Å². The molecule has 0 saturated carbocycles. The van der Waals surface area contributed by atoms with Crippen LogP contribution in [0.15, 0.2) is 17.1 Å². The van der Waals surface area contributed by atoms with Crippen LogP contribution in [0.3, 0.4) is 0 Å². The third-order valence-electron chi connectivity index (χ3n) is 5.34. The van der Waals surface area contributed by atoms with Crippen molar-refractivity contribution in [2.75, 3.05) is 31.1 Å². The van der Waals surface area contributed by atoms with E-state index in [0.29, 0.717) is 48.8 Å². The molecule has 2 atom stereocenters. The zero-order chi connectivity index (χ0) is 18.6. The summed E-state index contributed by atoms with van der Waals surface area (Å²) in [6.07, 6.45) is 1.94. The zero-order valence-electron chi connectivity index (χ0n) is 14.4. The van der Waals surface area contributed by atoms with Gasteiger partial charge in [-0.15, -0.1) is 0 Å². The van der Waals surface area contributed by atoms with Gasteiger partial charge in [0, 0.05) is 19.0 Å². The molecule has 0 spiro atoms. The van der Waals surface area contributed by atoms with Crippen LogP contribution in [0.4, 0.5) is 10.1 Å². The molecule has 0 bridgehead atoms. The molecule has 4 heterocycles. The zero-order valence-corrected chi connectivity index (χ0v) is 14.4. The fourth-order valence-corrected chi connectivity index (χ4v) is 3.90. The SMILES string of the molecule is C[C@@H]1COc2c(N3CCC(CN)C3)c(F)cn3c(=O)c(C(=O)O)cc1c23. The first-order valence-corrected chi connectivity index (χ1v) is 8.65. The summed E-state index contributed by atoms with van der Waals surface area (Å²) < 4.78 is 21.9. The van der Waals surface area contributed by atoms with E-state index in [2.05, 4.69) is 0 Å². The molecule has 3 N–H and O–H groups in total. The van der Waals surface area contributed by atoms with Gasteiger partial charge in [-0.1, -0.05) is 6.92 Å². The predicted octanol–water partition coefficient (Wildman–Crippen LogP) is 1.42. The van der Waals surface area contributed by atoms with E-state index in [4.69, 9.17) is 10.5 Å². The van der Waals surface area contributed by atoms with Gasteiger partial charge in [-0.25, -0.2) is 9.18 Å². The minimum Gasteiger partial charge on any atom is -0.488 e. The van der Waals surface area contributed by atoms with Crippen molar-refractivity contribution in [2.45, 2.75) is 19.3 Å². The first kappa shape index (κ1) is 16.8. The number of nitrogens with zero attached hydrogens (tertiary/aromatic N) is 2. The standard InChI is InChI=1S/C18H20FN3O4/c1-9-8-26-16-14-11(9)4-12(18(24)25)17(23)22(14)7-13(19)15(16)21-3-2-10(5-20)6-21/h4,7,9-10H,2-3,5-6,8,20H2,1H3,(H,24,25)/t9-,10?/m1/s1. The van der Waals surface area contributed by atoms with Crippen molar-refractivity contribution >= 4 is 17.2 Å². The van der Waals surface area contributed by atoms with Gasteiger partial charge in [-0.2, -0.15) is 0 Å². The Labute approximate surface area is 148 Å². The Balaban J connectivity index is 2.01. The lowest BCUT2D eigenvalue weighted by Gasteiger charge is -2.29. The highest BCUT2D eigenvalue weighted by molar-refractivity contribution is 5.90. The lowest BCUT2D eigenvalue weighted by molar-refractivity contribution is 0.0694. The summed E-state index contributed by atoms with van der Waals surface area (Å²) >= 11 is 0. The number of carboxylic acid groups (broad SMARTS) is 1. The van der Waals surface area contributed by atoms with Gasteiger partial charge < -0.3 is 20.5 Å². The second-order valence-electron chi connectivity index (χ2n) is 7.05. The van der Waals surface area contributed by atoms with Gasteiger partial charge in [0.05, 0.1) is 18.3 Å². The van der Waals surface area contributed by atoms with E-state index >= 15 is 0 Å². The Morgan fingerprint density at radius 1 is 1.50 bits per heavy atom. The molecular formula is C18H20FN3O4. The largest absolute Gasteiger partial charge is 0.488 e. The molecule has 1 saturated heterocycles. The van der Waals surface area contributed by atoms with E-state index in [-0.39, 0.29) is 17.4 Å². The predicted molar refractivity (Wildman–Crippen MR) is 93.9 cm³/mol. The van der Waals surface area contributed by atoms with Crippen molar-refractivity contribution in [3.8, 4) is 5.75 Å². The molecule has 1 unspecified atom stereocenters. The van der Waals surface area contributed by atoms with Gasteiger partial charge >= 0.3 is 5.97 Å². The number of aromatic nitrogens is 1. The molecule has 7 nitrogen and oxygen atoms in total. The quantitative estimate of drug-likeness (QED) is 0.858. The molecule has 138 valence electrons. The van der Waals surface area contributed by atoms with Crippen LogP contribution in [-0.4, -0.2) is 41.7 Å². The normalized spacial score (nSPS) is 21.9. The summed E-state index contributed by atoms with van der Waals surface area (Å²) in [5, 5.41) is 9.31. The van der Waals surface area contributed by atoms with Gasteiger partial charge in [-0.05, 0) is 30.5 Å². The fourth-order valence-electron chi connectivity index (χ4n) is 3.90. The third kappa shape index (κ3) is 2.36. The highest BCUT2D eigenvalue weighted by atomic mass is 19.1. The maximum Gasteiger partial charge on any atom is 0.341 e. The molecular weight excluding hydrogens is 341 g/mol. The Morgan fingerprint density at radius 2 is 2.27 bits per heavy atom. The molecule has 2 aliphatic rings. The summed E-state index contributed by atoms with van der Waals surface area (Å²) in [5.74, 6) is -1.43. The minimum absolute atomic E-state index is 0.107. The maximum atomic E-state index is 15.0. The number of carboxylic acids is 1. The molecule has 2 aromatic heterocycles. The highest BCUT2D eigenvalue weighted by Gasteiger charge is 2.33. The van der Waals surface area contributed by atoms with Crippen LogP contribution in [0.2, 0.25) is 0 Å². The van der Waals surface area contributed by atoms with Crippen LogP contribution in [-0.2, 0) is 0 Å². The number of aromatic carboxylic acids is 1. The van der Waals surface area contributed by atoms with Crippen LogP contribution >= 0.6 is 0 Å². The number of halogens is 1. The number of ether oxygens (including phenoxy) is 1. The van der Waals surface area contributed by atoms with Crippen molar-refractivity contribution in [1.82, 2.24) is 4.40 Å². The van der Waals surface area contributed by atoms with Gasteiger partial charge in [0.2, 0.25) is 0 Å². The molecule has 0 aromatic carbocycles. The van der Waals surface area contributed by atoms with E-state index in [9.17, 15) is 19.1 Å². The van der Waals surface area contributed by atoms with Crippen molar-refractivity contribution < 1.29 is 19.0 Å². The van der Waals surface area contributed by atoms with Crippen molar-refractivity contribution in [3.05, 3.63) is 39.6 Å². The Morgan fingerprint density at radius 3 is 2.92 bits per heavy atom. The van der Waals surface area contributed by atoms with Gasteiger partial charge in [0.15, 0.2) is 11.6 Å². The molecule has 0 aliphatic carbocycles. The maximum absolute atomic E-state index is 15.0. The highest BCUT2D eigenvalue weighted by Crippen LogP contribution is 2.43. The molecule has 4 rings (SSSR count). The molecule has 1 fully saturated rings. The van der Waals surface area contributed by atoms with E-state index in [1.54, 1.807) is 0 Å². The number of rotatable bonds is 3. The van der Waals surface area contributed by atoms with Crippen LogP contribution in [0.1, 0.15) is 35.2 Å². The number of hydrogen-bond donors (Lipinski definition) is 2. The number of anilines is 1. The summed E-state index contributed by atoms with van der Waals surface area (Å²) in [5.41, 5.74) is 6.07. The second-order valence-corrected chi connectivity index (χ2v) is 7.05. The van der Waals surface area contributed by atoms with Crippen LogP contribution in [0.5, 0.6) is 5.75 Å².